The molecule has 0 aliphatic carbocycles. The summed E-state index contributed by atoms with van der Waals surface area (Å²) in [4.78, 5) is 18.5. The van der Waals surface area contributed by atoms with Gasteiger partial charge < -0.3 is 5.32 Å². The van der Waals surface area contributed by atoms with Crippen LogP contribution in [-0.4, -0.2) is 34.9 Å². The second-order valence-corrected chi connectivity index (χ2v) is 7.46. The van der Waals surface area contributed by atoms with Crippen LogP contribution in [0.2, 0.25) is 0 Å². The summed E-state index contributed by atoms with van der Waals surface area (Å²) in [6.07, 6.45) is 2.72. The Morgan fingerprint density at radius 2 is 2.44 bits per heavy atom. The summed E-state index contributed by atoms with van der Waals surface area (Å²) in [6.45, 7) is 6.71. The van der Waals surface area contributed by atoms with Gasteiger partial charge in [-0.2, -0.15) is 0 Å². The van der Waals surface area contributed by atoms with Crippen molar-refractivity contribution in [2.75, 3.05) is 13.1 Å². The first-order chi connectivity index (χ1) is 8.56. The molecule has 0 spiro atoms. The number of carbonyl (C=O) groups excluding carboxylic acids is 1. The van der Waals surface area contributed by atoms with Gasteiger partial charge in [0.1, 0.15) is 5.01 Å². The molecule has 1 fully saturated rings. The lowest BCUT2D eigenvalue weighted by Crippen LogP contribution is -2.55. The number of hydrogen-bond donors (Lipinski definition) is 1. The molecule has 100 valence electrons. The maximum absolute atomic E-state index is 12.0. The van der Waals surface area contributed by atoms with Gasteiger partial charge in [0.25, 0.3) is 0 Å². The van der Waals surface area contributed by atoms with Crippen molar-refractivity contribution < 1.29 is 4.79 Å². The van der Waals surface area contributed by atoms with Crippen LogP contribution in [-0.2, 0) is 11.3 Å². The SMILES string of the molecule is CC(C)CC1C(=O)NCCN1Cc1ncc(Br)s1. The van der Waals surface area contributed by atoms with Crippen LogP contribution < -0.4 is 5.32 Å². The van der Waals surface area contributed by atoms with Gasteiger partial charge in [0.2, 0.25) is 5.91 Å². The number of thiazole rings is 1. The lowest BCUT2D eigenvalue weighted by molar-refractivity contribution is -0.130. The maximum Gasteiger partial charge on any atom is 0.237 e. The monoisotopic (exact) mass is 331 g/mol. The molecule has 2 heterocycles. The van der Waals surface area contributed by atoms with Crippen molar-refractivity contribution in [1.29, 1.82) is 0 Å². The lowest BCUT2D eigenvalue weighted by Gasteiger charge is -2.35. The van der Waals surface area contributed by atoms with E-state index in [1.807, 2.05) is 6.20 Å². The Hall–Kier alpha value is -0.460. The predicted octanol–water partition coefficient (Wildman–Crippen LogP) is 2.25. The Morgan fingerprint density at radius 1 is 1.67 bits per heavy atom. The van der Waals surface area contributed by atoms with Crippen LogP contribution in [0.1, 0.15) is 25.3 Å². The number of nitrogens with zero attached hydrogens (tertiary/aromatic N) is 2. The van der Waals surface area contributed by atoms with E-state index in [1.165, 1.54) is 0 Å². The zero-order chi connectivity index (χ0) is 13.1. The molecule has 1 aliphatic rings. The average Bonchev–Trinajstić information content (AvgIpc) is 2.69. The Balaban J connectivity index is 2.05. The molecule has 2 rings (SSSR count). The Kier molecular flexibility index (Phi) is 4.75. The van der Waals surface area contributed by atoms with E-state index in [9.17, 15) is 4.79 Å². The molecule has 6 heteroatoms. The zero-order valence-electron chi connectivity index (χ0n) is 10.6. The molecule has 1 saturated heterocycles. The van der Waals surface area contributed by atoms with E-state index in [1.54, 1.807) is 11.3 Å². The topological polar surface area (TPSA) is 45.2 Å². The molecule has 0 saturated carbocycles. The summed E-state index contributed by atoms with van der Waals surface area (Å²) in [5, 5.41) is 4.01. The molecule has 1 amide bonds. The van der Waals surface area contributed by atoms with Crippen molar-refractivity contribution in [3.05, 3.63) is 15.0 Å². The van der Waals surface area contributed by atoms with Crippen LogP contribution in [0.5, 0.6) is 0 Å². The van der Waals surface area contributed by atoms with E-state index in [4.69, 9.17) is 0 Å². The van der Waals surface area contributed by atoms with Gasteiger partial charge in [0, 0.05) is 13.1 Å². The number of rotatable bonds is 4. The summed E-state index contributed by atoms with van der Waals surface area (Å²) in [5.74, 6) is 0.676. The molecular formula is C12H18BrN3OS. The largest absolute Gasteiger partial charge is 0.353 e. The first-order valence-corrected chi connectivity index (χ1v) is 7.79. The first-order valence-electron chi connectivity index (χ1n) is 6.18. The van der Waals surface area contributed by atoms with Crippen molar-refractivity contribution in [2.24, 2.45) is 5.92 Å². The number of carbonyl (C=O) groups is 1. The van der Waals surface area contributed by atoms with E-state index in [-0.39, 0.29) is 11.9 Å². The molecule has 18 heavy (non-hydrogen) atoms. The smallest absolute Gasteiger partial charge is 0.237 e. The number of hydrogen-bond acceptors (Lipinski definition) is 4. The third kappa shape index (κ3) is 3.52. The highest BCUT2D eigenvalue weighted by atomic mass is 79.9. The molecule has 1 aromatic rings. The van der Waals surface area contributed by atoms with Crippen LogP contribution in [0.15, 0.2) is 9.98 Å². The number of halogens is 1. The molecule has 1 aromatic heterocycles. The molecule has 4 nitrogen and oxygen atoms in total. The summed E-state index contributed by atoms with van der Waals surface area (Å²) in [5.41, 5.74) is 0. The molecule has 1 N–H and O–H groups in total. The van der Waals surface area contributed by atoms with Crippen LogP contribution in [0.25, 0.3) is 0 Å². The van der Waals surface area contributed by atoms with Gasteiger partial charge in [0.15, 0.2) is 0 Å². The summed E-state index contributed by atoms with van der Waals surface area (Å²) in [7, 11) is 0. The minimum Gasteiger partial charge on any atom is -0.353 e. The van der Waals surface area contributed by atoms with Gasteiger partial charge in [-0.1, -0.05) is 13.8 Å². The number of nitrogens with one attached hydrogen (secondary N) is 1. The fraction of sp³-hybridized carbons (Fsp3) is 0.667. The predicted molar refractivity (Wildman–Crippen MR) is 76.5 cm³/mol. The first kappa shape index (κ1) is 14.0. The zero-order valence-corrected chi connectivity index (χ0v) is 13.1. The second-order valence-electron chi connectivity index (χ2n) is 4.96. The maximum atomic E-state index is 12.0. The molecule has 0 radical (unpaired) electrons. The van der Waals surface area contributed by atoms with Crippen molar-refractivity contribution >= 4 is 33.2 Å². The van der Waals surface area contributed by atoms with Crippen molar-refractivity contribution in [3.8, 4) is 0 Å². The van der Waals surface area contributed by atoms with Gasteiger partial charge in [-0.05, 0) is 28.3 Å². The molecule has 1 atom stereocenters. The van der Waals surface area contributed by atoms with Crippen LogP contribution in [0, 0.1) is 5.92 Å². The van der Waals surface area contributed by atoms with Crippen LogP contribution in [0.4, 0.5) is 0 Å². The highest BCUT2D eigenvalue weighted by Crippen LogP contribution is 2.23. The molecular weight excluding hydrogens is 314 g/mol. The van der Waals surface area contributed by atoms with E-state index in [0.29, 0.717) is 5.92 Å². The second kappa shape index (κ2) is 6.12. The Morgan fingerprint density at radius 3 is 3.06 bits per heavy atom. The average molecular weight is 332 g/mol. The molecule has 0 bridgehead atoms. The summed E-state index contributed by atoms with van der Waals surface area (Å²) >= 11 is 5.06. The Bertz CT molecular complexity index is 421. The van der Waals surface area contributed by atoms with Gasteiger partial charge in [0.05, 0.1) is 22.6 Å². The third-order valence-electron chi connectivity index (χ3n) is 3.00. The lowest BCUT2D eigenvalue weighted by atomic mass is 10.00. The van der Waals surface area contributed by atoms with Crippen molar-refractivity contribution in [1.82, 2.24) is 15.2 Å². The summed E-state index contributed by atoms with van der Waals surface area (Å²) in [6, 6.07) is -0.0126. The van der Waals surface area contributed by atoms with Gasteiger partial charge in [-0.25, -0.2) is 4.98 Å². The molecule has 1 unspecified atom stereocenters. The normalized spacial score (nSPS) is 21.3. The summed E-state index contributed by atoms with van der Waals surface area (Å²) < 4.78 is 1.04. The van der Waals surface area contributed by atoms with Crippen LogP contribution in [0.3, 0.4) is 0 Å². The number of aromatic nitrogens is 1. The standard InChI is InChI=1S/C12H18BrN3OS/c1-8(2)5-9-12(17)14-3-4-16(9)7-11-15-6-10(13)18-11/h6,8-9H,3-5,7H2,1-2H3,(H,14,17). The highest BCUT2D eigenvalue weighted by molar-refractivity contribution is 9.11. The minimum atomic E-state index is -0.0126. The fourth-order valence-electron chi connectivity index (χ4n) is 2.19. The van der Waals surface area contributed by atoms with E-state index in [0.717, 1.165) is 34.8 Å². The fourth-order valence-corrected chi connectivity index (χ4v) is 3.52. The van der Waals surface area contributed by atoms with Gasteiger partial charge in [-0.15, -0.1) is 11.3 Å². The number of piperazine rings is 1. The third-order valence-corrected chi connectivity index (χ3v) is 4.46. The van der Waals surface area contributed by atoms with Crippen molar-refractivity contribution in [3.63, 3.8) is 0 Å². The Labute approximate surface area is 120 Å². The van der Waals surface area contributed by atoms with E-state index in [2.05, 4.69) is 45.0 Å². The minimum absolute atomic E-state index is 0.0126. The number of amides is 1. The quantitative estimate of drug-likeness (QED) is 0.920. The van der Waals surface area contributed by atoms with E-state index < -0.39 is 0 Å². The molecule has 1 aliphatic heterocycles. The van der Waals surface area contributed by atoms with Crippen LogP contribution >= 0.6 is 27.3 Å². The van der Waals surface area contributed by atoms with E-state index >= 15 is 0 Å². The molecule has 0 aromatic carbocycles. The highest BCUT2D eigenvalue weighted by Gasteiger charge is 2.30. The van der Waals surface area contributed by atoms with Gasteiger partial charge in [-0.3, -0.25) is 9.69 Å². The van der Waals surface area contributed by atoms with Gasteiger partial charge >= 0.3 is 0 Å². The van der Waals surface area contributed by atoms with Crippen molar-refractivity contribution in [2.45, 2.75) is 32.9 Å².